The van der Waals surface area contributed by atoms with E-state index in [0.717, 1.165) is 5.56 Å². The van der Waals surface area contributed by atoms with Gasteiger partial charge in [0.25, 0.3) is 0 Å². The Kier molecular flexibility index (Phi) is 4.62. The predicted molar refractivity (Wildman–Crippen MR) is 75.8 cm³/mol. The Morgan fingerprint density at radius 1 is 1.26 bits per heavy atom. The van der Waals surface area contributed by atoms with E-state index < -0.39 is 0 Å². The molecule has 0 bridgehead atoms. The SMILES string of the molecule is Cc1nnn(C(CCN)c2ccc(Cl)c(Cl)c2Cl)n1. The van der Waals surface area contributed by atoms with Crippen molar-refractivity contribution >= 4 is 34.8 Å². The maximum atomic E-state index is 6.24. The average Bonchev–Trinajstić information content (AvgIpc) is 2.81. The first-order valence-corrected chi connectivity index (χ1v) is 6.77. The number of nitrogens with zero attached hydrogens (tertiary/aromatic N) is 4. The molecular weight excluding hydrogens is 309 g/mol. The van der Waals surface area contributed by atoms with Crippen molar-refractivity contribution in [3.63, 3.8) is 0 Å². The number of hydrogen-bond acceptors (Lipinski definition) is 4. The van der Waals surface area contributed by atoms with Gasteiger partial charge in [-0.1, -0.05) is 40.9 Å². The van der Waals surface area contributed by atoms with Gasteiger partial charge >= 0.3 is 0 Å². The van der Waals surface area contributed by atoms with Crippen molar-refractivity contribution in [2.45, 2.75) is 19.4 Å². The van der Waals surface area contributed by atoms with E-state index in [1.54, 1.807) is 19.1 Å². The highest BCUT2D eigenvalue weighted by atomic mass is 35.5. The summed E-state index contributed by atoms with van der Waals surface area (Å²) in [6.07, 6.45) is 0.619. The van der Waals surface area contributed by atoms with Crippen molar-refractivity contribution in [1.82, 2.24) is 20.2 Å². The number of halogens is 3. The third-order valence-corrected chi connectivity index (χ3v) is 3.98. The summed E-state index contributed by atoms with van der Waals surface area (Å²) in [4.78, 5) is 1.49. The Hall–Kier alpha value is -0.880. The molecule has 0 radical (unpaired) electrons. The van der Waals surface area contributed by atoms with E-state index in [-0.39, 0.29) is 6.04 Å². The fourth-order valence-electron chi connectivity index (χ4n) is 1.78. The Morgan fingerprint density at radius 2 is 2.00 bits per heavy atom. The highest BCUT2D eigenvalue weighted by Crippen LogP contribution is 2.37. The summed E-state index contributed by atoms with van der Waals surface area (Å²) >= 11 is 18.2. The molecule has 1 aromatic heterocycles. The lowest BCUT2D eigenvalue weighted by atomic mass is 10.0. The smallest absolute Gasteiger partial charge is 0.171 e. The second-order valence-corrected chi connectivity index (χ2v) is 5.18. The van der Waals surface area contributed by atoms with Crippen LogP contribution in [0.2, 0.25) is 15.1 Å². The lowest BCUT2D eigenvalue weighted by Crippen LogP contribution is -2.18. The Bertz CT molecular complexity index is 584. The third-order valence-electron chi connectivity index (χ3n) is 2.67. The van der Waals surface area contributed by atoms with E-state index in [4.69, 9.17) is 40.5 Å². The van der Waals surface area contributed by atoms with Crippen LogP contribution in [0.15, 0.2) is 12.1 Å². The molecule has 0 aliphatic heterocycles. The number of aryl methyl sites for hydroxylation is 1. The molecular formula is C11H12Cl3N5. The molecule has 0 saturated heterocycles. The van der Waals surface area contributed by atoms with E-state index in [1.165, 1.54) is 4.80 Å². The number of benzene rings is 1. The molecule has 102 valence electrons. The van der Waals surface area contributed by atoms with Gasteiger partial charge in [-0.3, -0.25) is 0 Å². The highest BCUT2D eigenvalue weighted by Gasteiger charge is 2.21. The number of hydrogen-bond donors (Lipinski definition) is 1. The zero-order chi connectivity index (χ0) is 14.0. The van der Waals surface area contributed by atoms with Gasteiger partial charge in [0.2, 0.25) is 0 Å². The van der Waals surface area contributed by atoms with Crippen molar-refractivity contribution in [3.05, 3.63) is 38.6 Å². The molecule has 0 spiro atoms. The second-order valence-electron chi connectivity index (χ2n) is 4.01. The molecule has 2 aromatic rings. The van der Waals surface area contributed by atoms with Gasteiger partial charge in [0, 0.05) is 0 Å². The molecule has 1 unspecified atom stereocenters. The largest absolute Gasteiger partial charge is 0.330 e. The van der Waals surface area contributed by atoms with Crippen LogP contribution in [0, 0.1) is 6.92 Å². The fourth-order valence-corrected chi connectivity index (χ4v) is 2.45. The topological polar surface area (TPSA) is 69.6 Å². The van der Waals surface area contributed by atoms with Crippen LogP contribution < -0.4 is 5.73 Å². The summed E-state index contributed by atoms with van der Waals surface area (Å²) in [6.45, 7) is 2.22. The monoisotopic (exact) mass is 319 g/mol. The Labute approximate surface area is 125 Å². The average molecular weight is 321 g/mol. The van der Waals surface area contributed by atoms with Crippen molar-refractivity contribution in [2.24, 2.45) is 5.73 Å². The van der Waals surface area contributed by atoms with Crippen LogP contribution in [0.1, 0.15) is 23.9 Å². The molecule has 19 heavy (non-hydrogen) atoms. The first kappa shape index (κ1) is 14.5. The van der Waals surface area contributed by atoms with E-state index >= 15 is 0 Å². The van der Waals surface area contributed by atoms with E-state index in [1.807, 2.05) is 0 Å². The highest BCUT2D eigenvalue weighted by molar-refractivity contribution is 6.48. The van der Waals surface area contributed by atoms with Gasteiger partial charge in [0.05, 0.1) is 15.1 Å². The zero-order valence-corrected chi connectivity index (χ0v) is 12.4. The molecule has 5 nitrogen and oxygen atoms in total. The van der Waals surface area contributed by atoms with Gasteiger partial charge in [0.15, 0.2) is 5.82 Å². The lowest BCUT2D eigenvalue weighted by Gasteiger charge is -2.17. The molecule has 1 aromatic carbocycles. The van der Waals surface area contributed by atoms with Gasteiger partial charge in [-0.05, 0) is 36.7 Å². The number of rotatable bonds is 4. The lowest BCUT2D eigenvalue weighted by molar-refractivity contribution is 0.430. The van der Waals surface area contributed by atoms with Crippen molar-refractivity contribution in [2.75, 3.05) is 6.54 Å². The van der Waals surface area contributed by atoms with Crippen LogP contribution in [0.5, 0.6) is 0 Å². The number of nitrogens with two attached hydrogens (primary N) is 1. The van der Waals surface area contributed by atoms with Crippen molar-refractivity contribution in [1.29, 1.82) is 0 Å². The van der Waals surface area contributed by atoms with Gasteiger partial charge in [0.1, 0.15) is 6.04 Å². The predicted octanol–water partition coefficient (Wildman–Crippen LogP) is 2.88. The summed E-state index contributed by atoms with van der Waals surface area (Å²) in [5, 5.41) is 13.2. The summed E-state index contributed by atoms with van der Waals surface area (Å²) in [6, 6.07) is 3.28. The van der Waals surface area contributed by atoms with Gasteiger partial charge < -0.3 is 5.73 Å². The minimum atomic E-state index is -0.214. The van der Waals surface area contributed by atoms with Crippen molar-refractivity contribution in [3.8, 4) is 0 Å². The molecule has 0 saturated carbocycles. The summed E-state index contributed by atoms with van der Waals surface area (Å²) in [5.41, 5.74) is 6.41. The first-order valence-electron chi connectivity index (χ1n) is 5.64. The van der Waals surface area contributed by atoms with E-state index in [9.17, 15) is 0 Å². The Morgan fingerprint density at radius 3 is 2.58 bits per heavy atom. The van der Waals surface area contributed by atoms with Crippen LogP contribution >= 0.6 is 34.8 Å². The molecule has 0 aliphatic rings. The maximum Gasteiger partial charge on any atom is 0.171 e. The third kappa shape index (κ3) is 3.00. The van der Waals surface area contributed by atoms with Crippen LogP contribution in [-0.2, 0) is 0 Å². The van der Waals surface area contributed by atoms with Crippen molar-refractivity contribution < 1.29 is 0 Å². The van der Waals surface area contributed by atoms with E-state index in [0.29, 0.717) is 33.9 Å². The molecule has 1 heterocycles. The fraction of sp³-hybridized carbons (Fsp3) is 0.364. The van der Waals surface area contributed by atoms with E-state index in [2.05, 4.69) is 15.4 Å². The van der Waals surface area contributed by atoms with Gasteiger partial charge in [-0.25, -0.2) is 0 Å². The van der Waals surface area contributed by atoms with Crippen LogP contribution in [0.3, 0.4) is 0 Å². The van der Waals surface area contributed by atoms with Gasteiger partial charge in [-0.15, -0.1) is 10.2 Å². The quantitative estimate of drug-likeness (QED) is 0.879. The van der Waals surface area contributed by atoms with Crippen LogP contribution in [0.25, 0.3) is 0 Å². The molecule has 0 aliphatic carbocycles. The van der Waals surface area contributed by atoms with Gasteiger partial charge in [-0.2, -0.15) is 4.80 Å². The van der Waals surface area contributed by atoms with Crippen LogP contribution in [-0.4, -0.2) is 26.8 Å². The summed E-state index contributed by atoms with van der Waals surface area (Å²) in [5.74, 6) is 0.582. The maximum absolute atomic E-state index is 6.24. The molecule has 8 heteroatoms. The summed E-state index contributed by atoms with van der Waals surface area (Å²) < 4.78 is 0. The molecule has 2 rings (SSSR count). The normalized spacial score (nSPS) is 12.7. The zero-order valence-electron chi connectivity index (χ0n) is 10.1. The number of tetrazole rings is 1. The molecule has 0 fully saturated rings. The number of aromatic nitrogens is 4. The molecule has 0 amide bonds. The van der Waals surface area contributed by atoms with Crippen LogP contribution in [0.4, 0.5) is 0 Å². The molecule has 2 N–H and O–H groups in total. The Balaban J connectivity index is 2.48. The minimum Gasteiger partial charge on any atom is -0.330 e. The minimum absolute atomic E-state index is 0.214. The second kappa shape index (κ2) is 6.05. The summed E-state index contributed by atoms with van der Waals surface area (Å²) in [7, 11) is 0. The molecule has 1 atom stereocenters. The standard InChI is InChI=1S/C11H12Cl3N5/c1-6-16-18-19(17-6)9(4-5-15)7-2-3-8(12)11(14)10(7)13/h2-3,9H,4-5,15H2,1H3. The first-order chi connectivity index (χ1) is 9.04.